The molecular formula is C85H101NO10. The van der Waals surface area contributed by atoms with Crippen molar-refractivity contribution in [3.8, 4) is 23.7 Å². The van der Waals surface area contributed by atoms with Crippen molar-refractivity contribution < 1.29 is 49.7 Å². The zero-order chi connectivity index (χ0) is 65.2. The van der Waals surface area contributed by atoms with Crippen LogP contribution in [0.25, 0.3) is 0 Å². The van der Waals surface area contributed by atoms with Crippen LogP contribution < -0.4 is 5.32 Å². The molecule has 0 radical (unpaired) electrons. The number of carbonyl (C=O) groups is 2. The first-order valence-electron chi connectivity index (χ1n) is 38.5. The second-order valence-electron chi connectivity index (χ2n) is 36.5. The average Bonchev–Trinajstić information content (AvgIpc) is 1.22. The van der Waals surface area contributed by atoms with Gasteiger partial charge in [0.1, 0.15) is 23.6 Å². The van der Waals surface area contributed by atoms with Crippen LogP contribution in [0.15, 0.2) is 84.4 Å². The Morgan fingerprint density at radius 1 is 0.760 bits per heavy atom. The Morgan fingerprint density at radius 2 is 1.56 bits per heavy atom. The number of carbonyl (C=O) groups excluding carboxylic acids is 2. The highest BCUT2D eigenvalue weighted by atomic mass is 16.5. The molecule has 506 valence electrons. The predicted molar refractivity (Wildman–Crippen MR) is 360 cm³/mol. The van der Waals surface area contributed by atoms with Crippen molar-refractivity contribution in [2.24, 2.45) is 115 Å². The van der Waals surface area contributed by atoms with E-state index in [1.807, 2.05) is 19.2 Å². The van der Waals surface area contributed by atoms with E-state index >= 15 is 25.2 Å². The van der Waals surface area contributed by atoms with Gasteiger partial charge in [-0.05, 0) is 252 Å². The van der Waals surface area contributed by atoms with Crippen LogP contribution in [0.1, 0.15) is 194 Å². The SMILES string of the molecule is CNC1Cc2c(cccc2CO)C#CC2(CCCC2)CC23CC4C#CCC5C(c6ccccc6)CCC67CCC8C(CC56)C75CC6(C=O)C4C(O)(C(O)C4CC7CCC9(CCC8(Cc8cccc(c8)CC8CCC(C8)C7C)OC95)C46O)C2(O)CC2CC1C1OC(=O)C=C1C23CO. The summed E-state index contributed by atoms with van der Waals surface area (Å²) < 4.78 is 15.4. The standard InChI is InChI=1S/C85H101NO10/c1-49-55-20-19-51(35-55)33-50-11-8-12-52(34-50)41-79-32-31-77-28-22-56(49)36-68-73(91)84(93)72-57(16-10-18-61-60(53-13-4-3-5-14-53)23-29-76-30-24-64(79)66(39-65(61)76)81(76,74(77)96-79)46-78(72,47-88)85(68,77)94)42-80-45-75(25-6-7-26-75)27-21-54-15-9-17-58(44-87)62(54)38-69(86-2)63-37-59(43-83(80,84)92)82(80,48-89)67-40-70(90)95-71(63)67/h3-5,8-9,11-15,17,34,40,47,49,51,55-57,59-61,63-66,68-69,71-74,86-87,89,91-94H,6-7,18-20,22-26,28-33,35-39,41-46,48H2,1-2H3. The number of aldehydes is 1. The zero-order valence-electron chi connectivity index (χ0n) is 56.6. The van der Waals surface area contributed by atoms with Gasteiger partial charge in [-0.1, -0.05) is 104 Å². The summed E-state index contributed by atoms with van der Waals surface area (Å²) in [5.74, 6) is 13.5. The van der Waals surface area contributed by atoms with Crippen molar-refractivity contribution in [3.63, 3.8) is 0 Å². The van der Waals surface area contributed by atoms with Crippen molar-refractivity contribution in [1.29, 1.82) is 0 Å². The van der Waals surface area contributed by atoms with Gasteiger partial charge < -0.3 is 50.2 Å². The minimum Gasteiger partial charge on any atom is -0.454 e. The first-order valence-corrected chi connectivity index (χ1v) is 38.5. The first kappa shape index (κ1) is 61.2. The van der Waals surface area contributed by atoms with Crippen LogP contribution in [0.3, 0.4) is 0 Å². The van der Waals surface area contributed by atoms with E-state index in [1.165, 1.54) is 23.0 Å². The Labute approximate surface area is 567 Å². The largest absolute Gasteiger partial charge is 0.454 e. The first-order chi connectivity index (χ1) is 46.4. The third-order valence-electron chi connectivity index (χ3n) is 34.7. The molecule has 28 unspecified atom stereocenters. The van der Waals surface area contributed by atoms with Crippen LogP contribution in [0.5, 0.6) is 0 Å². The number of hydrogen-bond donors (Lipinski definition) is 7. The summed E-state index contributed by atoms with van der Waals surface area (Å²) in [5.41, 5.74) is -7.17. The van der Waals surface area contributed by atoms with Gasteiger partial charge in [0.05, 0.1) is 42.0 Å². The molecule has 11 heteroatoms. The van der Waals surface area contributed by atoms with Crippen molar-refractivity contribution in [3.05, 3.63) is 118 Å². The molecule has 0 amide bonds. The second kappa shape index (κ2) is 20.3. The number of ether oxygens (including phenoxy) is 2. The summed E-state index contributed by atoms with van der Waals surface area (Å²) in [5, 5.41) is 92.4. The maximum atomic E-state index is 16.9. The van der Waals surface area contributed by atoms with E-state index in [2.05, 4.69) is 96.6 Å². The molecule has 11 nitrogen and oxygen atoms in total. The highest BCUT2D eigenvalue weighted by Crippen LogP contribution is 2.91. The molecule has 3 aromatic carbocycles. The van der Waals surface area contributed by atoms with E-state index in [4.69, 9.17) is 9.47 Å². The number of fused-ring (bicyclic) bond motifs is 3. The number of aliphatic hydroxyl groups excluding tert-OH is 3. The number of rotatable bonds is 5. The van der Waals surface area contributed by atoms with Crippen molar-refractivity contribution in [2.45, 2.75) is 233 Å². The summed E-state index contributed by atoms with van der Waals surface area (Å²) in [6, 6.07) is 26.4. The Bertz CT molecular complexity index is 3950. The van der Waals surface area contributed by atoms with Crippen molar-refractivity contribution >= 4 is 12.3 Å². The van der Waals surface area contributed by atoms with Gasteiger partial charge in [-0.15, -0.1) is 5.92 Å². The fraction of sp³-hybridized carbons (Fsp3) is 0.694. The average molecular weight is 1300 g/mol. The molecule has 19 aliphatic rings. The molecule has 28 atom stereocenters. The summed E-state index contributed by atoms with van der Waals surface area (Å²) in [6.07, 6.45) is 18.6. The third kappa shape index (κ3) is 6.97. The third-order valence-corrected chi connectivity index (χ3v) is 34.7. The fourth-order valence-electron chi connectivity index (χ4n) is 31.7. The molecule has 0 aromatic heterocycles. The van der Waals surface area contributed by atoms with Gasteiger partial charge in [-0.2, -0.15) is 0 Å². The van der Waals surface area contributed by atoms with Crippen molar-refractivity contribution in [1.82, 2.24) is 5.32 Å². The molecule has 22 rings (SSSR count). The maximum Gasteiger partial charge on any atom is 0.331 e. The molecule has 7 N–H and O–H groups in total. The topological polar surface area (TPSA) is 186 Å². The Hall–Kier alpha value is -4.66. The maximum absolute atomic E-state index is 16.9. The number of likely N-dealkylation sites (N-methyl/N-ethyl adjacent to an activating group) is 1. The van der Waals surface area contributed by atoms with Crippen LogP contribution in [-0.2, 0) is 44.9 Å². The summed E-state index contributed by atoms with van der Waals surface area (Å²) >= 11 is 0. The zero-order valence-corrected chi connectivity index (χ0v) is 56.6. The lowest BCUT2D eigenvalue weighted by Gasteiger charge is -2.83. The quantitative estimate of drug-likeness (QED) is 0.0732. The van der Waals surface area contributed by atoms with E-state index < -0.39 is 109 Å². The molecule has 6 spiro atoms. The van der Waals surface area contributed by atoms with Crippen LogP contribution in [0.4, 0.5) is 0 Å². The molecule has 4 aliphatic heterocycles. The van der Waals surface area contributed by atoms with Crippen LogP contribution in [-0.4, -0.2) is 103 Å². The van der Waals surface area contributed by atoms with Gasteiger partial charge >= 0.3 is 5.97 Å². The van der Waals surface area contributed by atoms with Gasteiger partial charge in [0.25, 0.3) is 0 Å². The van der Waals surface area contributed by atoms with E-state index in [-0.39, 0.29) is 84.7 Å². The monoisotopic (exact) mass is 1300 g/mol. The lowest BCUT2D eigenvalue weighted by molar-refractivity contribution is -0.451. The molecule has 19 bridgehead atoms. The van der Waals surface area contributed by atoms with Crippen LogP contribution >= 0.6 is 0 Å². The van der Waals surface area contributed by atoms with Gasteiger partial charge in [0.15, 0.2) is 0 Å². The summed E-state index contributed by atoms with van der Waals surface area (Å²) in [4.78, 5) is 31.7. The molecule has 2 saturated heterocycles. The number of hydrogen-bond acceptors (Lipinski definition) is 11. The van der Waals surface area contributed by atoms with Crippen LogP contribution in [0.2, 0.25) is 0 Å². The summed E-state index contributed by atoms with van der Waals surface area (Å²) in [6.45, 7) is 1.83. The van der Waals surface area contributed by atoms with E-state index in [1.54, 1.807) is 6.08 Å². The van der Waals surface area contributed by atoms with E-state index in [0.29, 0.717) is 75.2 Å². The van der Waals surface area contributed by atoms with Gasteiger partial charge in [0, 0.05) is 81.3 Å². The Balaban J connectivity index is 0.884. The number of nitrogens with one attached hydrogen (secondary N) is 1. The molecular weight excluding hydrogens is 1190 g/mol. The van der Waals surface area contributed by atoms with Crippen molar-refractivity contribution in [2.75, 3.05) is 13.7 Å². The lowest BCUT2D eigenvalue weighted by Crippen LogP contribution is -2.92. The fourth-order valence-corrected chi connectivity index (χ4v) is 31.7. The molecule has 3 aromatic rings. The van der Waals surface area contributed by atoms with Crippen LogP contribution in [0, 0.1) is 139 Å². The second-order valence-corrected chi connectivity index (χ2v) is 36.5. The molecule has 15 aliphatic carbocycles. The minimum absolute atomic E-state index is 0.0167. The Kier molecular flexibility index (Phi) is 13.0. The number of aliphatic hydroxyl groups is 6. The number of benzene rings is 3. The van der Waals surface area contributed by atoms with Gasteiger partial charge in [-0.25, -0.2) is 4.79 Å². The highest BCUT2D eigenvalue weighted by Gasteiger charge is 2.95. The predicted octanol–water partition coefficient (Wildman–Crippen LogP) is 11.1. The normalized spacial score (nSPS) is 52.3. The molecule has 96 heavy (non-hydrogen) atoms. The van der Waals surface area contributed by atoms with E-state index in [9.17, 15) is 15.0 Å². The smallest absolute Gasteiger partial charge is 0.331 e. The number of esters is 1. The van der Waals surface area contributed by atoms with Gasteiger partial charge in [0.2, 0.25) is 0 Å². The van der Waals surface area contributed by atoms with E-state index in [0.717, 1.165) is 107 Å². The summed E-state index contributed by atoms with van der Waals surface area (Å²) in [7, 11) is 1.94. The minimum atomic E-state index is -2.50. The Morgan fingerprint density at radius 3 is 2.38 bits per heavy atom. The van der Waals surface area contributed by atoms with Gasteiger partial charge in [-0.3, -0.25) is 0 Å². The molecule has 4 heterocycles. The lowest BCUT2D eigenvalue weighted by atomic mass is 9.24. The molecule has 13 fully saturated rings. The highest BCUT2D eigenvalue weighted by molar-refractivity contribution is 5.87. The molecule has 11 saturated carbocycles.